The van der Waals surface area contributed by atoms with Crippen LogP contribution in [0, 0.1) is 5.92 Å². The SMILES string of the molecule is CC(C)COCCNC1CCC(C)(C)c2ccccc21. The van der Waals surface area contributed by atoms with Crippen LogP contribution in [0.2, 0.25) is 0 Å². The lowest BCUT2D eigenvalue weighted by atomic mass is 9.71. The summed E-state index contributed by atoms with van der Waals surface area (Å²) in [7, 11) is 0. The minimum Gasteiger partial charge on any atom is -0.380 e. The highest BCUT2D eigenvalue weighted by molar-refractivity contribution is 5.38. The van der Waals surface area contributed by atoms with Gasteiger partial charge in [-0.1, -0.05) is 52.0 Å². The van der Waals surface area contributed by atoms with Crippen LogP contribution in [0.3, 0.4) is 0 Å². The van der Waals surface area contributed by atoms with Crippen molar-refractivity contribution in [2.75, 3.05) is 19.8 Å². The Morgan fingerprint density at radius 2 is 2.05 bits per heavy atom. The van der Waals surface area contributed by atoms with Gasteiger partial charge in [-0.15, -0.1) is 0 Å². The van der Waals surface area contributed by atoms with Crippen LogP contribution in [0.25, 0.3) is 0 Å². The van der Waals surface area contributed by atoms with E-state index in [0.717, 1.165) is 19.8 Å². The van der Waals surface area contributed by atoms with Crippen LogP contribution in [0.5, 0.6) is 0 Å². The molecular formula is C18H29NO. The van der Waals surface area contributed by atoms with Crippen molar-refractivity contribution >= 4 is 0 Å². The lowest BCUT2D eigenvalue weighted by Gasteiger charge is -2.37. The molecule has 1 atom stereocenters. The van der Waals surface area contributed by atoms with Gasteiger partial charge in [0.15, 0.2) is 0 Å². The molecule has 0 aliphatic heterocycles. The summed E-state index contributed by atoms with van der Waals surface area (Å²) in [6.07, 6.45) is 2.46. The van der Waals surface area contributed by atoms with E-state index in [9.17, 15) is 0 Å². The summed E-state index contributed by atoms with van der Waals surface area (Å²) >= 11 is 0. The van der Waals surface area contributed by atoms with Crippen molar-refractivity contribution in [2.24, 2.45) is 5.92 Å². The topological polar surface area (TPSA) is 21.3 Å². The fourth-order valence-corrected chi connectivity index (χ4v) is 3.05. The minimum atomic E-state index is 0.308. The average Bonchev–Trinajstić information content (AvgIpc) is 2.41. The largest absolute Gasteiger partial charge is 0.380 e. The number of nitrogens with one attached hydrogen (secondary N) is 1. The van der Waals surface area contributed by atoms with Gasteiger partial charge < -0.3 is 10.1 Å². The van der Waals surface area contributed by atoms with E-state index in [4.69, 9.17) is 4.74 Å². The van der Waals surface area contributed by atoms with Gasteiger partial charge >= 0.3 is 0 Å². The van der Waals surface area contributed by atoms with Gasteiger partial charge in [0, 0.05) is 19.2 Å². The van der Waals surface area contributed by atoms with Crippen LogP contribution >= 0.6 is 0 Å². The molecule has 0 spiro atoms. The monoisotopic (exact) mass is 275 g/mol. The highest BCUT2D eigenvalue weighted by Gasteiger charge is 2.31. The van der Waals surface area contributed by atoms with Gasteiger partial charge in [0.25, 0.3) is 0 Å². The predicted molar refractivity (Wildman–Crippen MR) is 85.1 cm³/mol. The van der Waals surface area contributed by atoms with Crippen molar-refractivity contribution in [2.45, 2.75) is 52.0 Å². The molecule has 112 valence electrons. The van der Waals surface area contributed by atoms with E-state index in [1.165, 1.54) is 24.0 Å². The maximum absolute atomic E-state index is 5.65. The third kappa shape index (κ3) is 3.83. The van der Waals surface area contributed by atoms with Gasteiger partial charge in [-0.3, -0.25) is 0 Å². The first-order valence-electron chi connectivity index (χ1n) is 7.91. The molecule has 2 nitrogen and oxygen atoms in total. The minimum absolute atomic E-state index is 0.308. The lowest BCUT2D eigenvalue weighted by Crippen LogP contribution is -2.34. The van der Waals surface area contributed by atoms with Gasteiger partial charge in [-0.05, 0) is 35.3 Å². The van der Waals surface area contributed by atoms with Crippen LogP contribution in [0.4, 0.5) is 0 Å². The zero-order valence-electron chi connectivity index (χ0n) is 13.4. The summed E-state index contributed by atoms with van der Waals surface area (Å²) in [5.41, 5.74) is 3.29. The number of benzene rings is 1. The molecule has 1 unspecified atom stereocenters. The van der Waals surface area contributed by atoms with Crippen molar-refractivity contribution in [1.82, 2.24) is 5.32 Å². The molecule has 1 N–H and O–H groups in total. The van der Waals surface area contributed by atoms with E-state index in [1.54, 1.807) is 0 Å². The second kappa shape index (κ2) is 6.73. The Morgan fingerprint density at radius 1 is 1.30 bits per heavy atom. The van der Waals surface area contributed by atoms with Gasteiger partial charge in [0.2, 0.25) is 0 Å². The molecular weight excluding hydrogens is 246 g/mol. The Bertz CT molecular complexity index is 425. The number of hydrogen-bond donors (Lipinski definition) is 1. The highest BCUT2D eigenvalue weighted by Crippen LogP contribution is 2.41. The molecule has 0 heterocycles. The normalized spacial score (nSPS) is 20.9. The third-order valence-electron chi connectivity index (χ3n) is 4.21. The van der Waals surface area contributed by atoms with Gasteiger partial charge in [0.1, 0.15) is 0 Å². The Hall–Kier alpha value is -0.860. The molecule has 2 heteroatoms. The molecule has 0 radical (unpaired) electrons. The first kappa shape index (κ1) is 15.5. The second-order valence-electron chi connectivity index (χ2n) is 6.99. The Kier molecular flexibility index (Phi) is 5.22. The molecule has 20 heavy (non-hydrogen) atoms. The standard InChI is InChI=1S/C18H29NO/c1-14(2)13-20-12-11-19-17-9-10-18(3,4)16-8-6-5-7-15(16)17/h5-8,14,17,19H,9-13H2,1-4H3. The number of ether oxygens (including phenoxy) is 1. The Morgan fingerprint density at radius 3 is 2.80 bits per heavy atom. The van der Waals surface area contributed by atoms with Crippen molar-refractivity contribution in [3.63, 3.8) is 0 Å². The molecule has 2 rings (SSSR count). The Labute approximate surface area is 123 Å². The van der Waals surface area contributed by atoms with E-state index in [2.05, 4.69) is 57.3 Å². The highest BCUT2D eigenvalue weighted by atomic mass is 16.5. The molecule has 0 saturated heterocycles. The molecule has 1 aliphatic rings. The van der Waals surface area contributed by atoms with Gasteiger partial charge in [-0.25, -0.2) is 0 Å². The predicted octanol–water partition coefficient (Wildman–Crippen LogP) is 4.06. The summed E-state index contributed by atoms with van der Waals surface area (Å²) in [5, 5.41) is 3.66. The van der Waals surface area contributed by atoms with E-state index in [-0.39, 0.29) is 0 Å². The van der Waals surface area contributed by atoms with E-state index in [1.807, 2.05) is 0 Å². The van der Waals surface area contributed by atoms with E-state index < -0.39 is 0 Å². The van der Waals surface area contributed by atoms with Gasteiger partial charge in [0.05, 0.1) is 6.61 Å². The first-order valence-corrected chi connectivity index (χ1v) is 7.91. The summed E-state index contributed by atoms with van der Waals surface area (Å²) in [6, 6.07) is 9.38. The fourth-order valence-electron chi connectivity index (χ4n) is 3.05. The summed E-state index contributed by atoms with van der Waals surface area (Å²) in [5.74, 6) is 0.617. The Balaban J connectivity index is 1.91. The maximum atomic E-state index is 5.65. The summed E-state index contributed by atoms with van der Waals surface area (Å²) in [4.78, 5) is 0. The third-order valence-corrected chi connectivity index (χ3v) is 4.21. The quantitative estimate of drug-likeness (QED) is 0.790. The molecule has 0 saturated carbocycles. The zero-order valence-corrected chi connectivity index (χ0v) is 13.4. The first-order chi connectivity index (χ1) is 9.50. The van der Waals surface area contributed by atoms with Crippen LogP contribution in [-0.2, 0) is 10.2 Å². The second-order valence-corrected chi connectivity index (χ2v) is 6.99. The van der Waals surface area contributed by atoms with Crippen LogP contribution in [0.1, 0.15) is 57.7 Å². The molecule has 0 bridgehead atoms. The number of fused-ring (bicyclic) bond motifs is 1. The van der Waals surface area contributed by atoms with Gasteiger partial charge in [-0.2, -0.15) is 0 Å². The smallest absolute Gasteiger partial charge is 0.0591 e. The number of hydrogen-bond acceptors (Lipinski definition) is 2. The average molecular weight is 275 g/mol. The molecule has 1 aliphatic carbocycles. The van der Waals surface area contributed by atoms with E-state index >= 15 is 0 Å². The number of rotatable bonds is 6. The van der Waals surface area contributed by atoms with Crippen molar-refractivity contribution in [3.8, 4) is 0 Å². The molecule has 1 aromatic carbocycles. The summed E-state index contributed by atoms with van der Waals surface area (Å²) < 4.78 is 5.65. The maximum Gasteiger partial charge on any atom is 0.0591 e. The van der Waals surface area contributed by atoms with Crippen molar-refractivity contribution in [1.29, 1.82) is 0 Å². The van der Waals surface area contributed by atoms with Crippen LogP contribution in [-0.4, -0.2) is 19.8 Å². The van der Waals surface area contributed by atoms with Crippen molar-refractivity contribution in [3.05, 3.63) is 35.4 Å². The lowest BCUT2D eigenvalue weighted by molar-refractivity contribution is 0.109. The molecule has 1 aromatic rings. The van der Waals surface area contributed by atoms with Crippen LogP contribution < -0.4 is 5.32 Å². The molecule has 0 aromatic heterocycles. The zero-order chi connectivity index (χ0) is 14.6. The fraction of sp³-hybridized carbons (Fsp3) is 0.667. The van der Waals surface area contributed by atoms with Crippen LogP contribution in [0.15, 0.2) is 24.3 Å². The molecule has 0 fully saturated rings. The molecule has 0 amide bonds. The van der Waals surface area contributed by atoms with Crippen molar-refractivity contribution < 1.29 is 4.74 Å². The summed E-state index contributed by atoms with van der Waals surface area (Å²) in [6.45, 7) is 11.7. The van der Waals surface area contributed by atoms with E-state index in [0.29, 0.717) is 17.4 Å².